The van der Waals surface area contributed by atoms with Crippen molar-refractivity contribution in [2.75, 3.05) is 0 Å². The van der Waals surface area contributed by atoms with Crippen LogP contribution in [0.25, 0.3) is 5.57 Å². The zero-order chi connectivity index (χ0) is 11.7. The first-order valence-corrected chi connectivity index (χ1v) is 5.60. The van der Waals surface area contributed by atoms with Gasteiger partial charge in [-0.2, -0.15) is 0 Å². The Balaban J connectivity index is 2.47. The van der Waals surface area contributed by atoms with E-state index in [1.54, 1.807) is 0 Å². The summed E-state index contributed by atoms with van der Waals surface area (Å²) in [6.07, 6.45) is 3.61. The largest absolute Gasteiger partial charge is 0.478 e. The molecule has 0 atom stereocenters. The zero-order valence-corrected chi connectivity index (χ0v) is 9.66. The molecule has 0 heterocycles. The van der Waals surface area contributed by atoms with Gasteiger partial charge in [-0.15, -0.1) is 0 Å². The number of allylic oxidation sites excluding steroid dienone is 1. The van der Waals surface area contributed by atoms with E-state index in [9.17, 15) is 4.79 Å². The van der Waals surface area contributed by atoms with Crippen LogP contribution < -0.4 is 0 Å². The van der Waals surface area contributed by atoms with Crippen molar-refractivity contribution in [2.45, 2.75) is 26.7 Å². The summed E-state index contributed by atoms with van der Waals surface area (Å²) in [7, 11) is 0. The maximum atomic E-state index is 10.8. The van der Waals surface area contributed by atoms with Crippen molar-refractivity contribution < 1.29 is 9.90 Å². The molecule has 16 heavy (non-hydrogen) atoms. The molecule has 0 bridgehead atoms. The fraction of sp³-hybridized carbons (Fsp3) is 0.357. The van der Waals surface area contributed by atoms with Gasteiger partial charge in [0.25, 0.3) is 0 Å². The van der Waals surface area contributed by atoms with Gasteiger partial charge in [0, 0.05) is 6.08 Å². The highest BCUT2D eigenvalue weighted by Gasteiger charge is 2.28. The van der Waals surface area contributed by atoms with Crippen molar-refractivity contribution in [1.82, 2.24) is 0 Å². The molecule has 0 amide bonds. The maximum Gasteiger partial charge on any atom is 0.328 e. The molecule has 0 saturated heterocycles. The van der Waals surface area contributed by atoms with Crippen LogP contribution in [0, 0.1) is 19.8 Å². The summed E-state index contributed by atoms with van der Waals surface area (Å²) in [5.41, 5.74) is 4.51. The molecular weight excluding hydrogens is 200 g/mol. The van der Waals surface area contributed by atoms with E-state index in [1.165, 1.54) is 17.2 Å². The lowest BCUT2D eigenvalue weighted by Gasteiger charge is -2.11. The van der Waals surface area contributed by atoms with Crippen LogP contribution in [0.1, 0.15) is 29.5 Å². The van der Waals surface area contributed by atoms with Gasteiger partial charge in [-0.1, -0.05) is 18.2 Å². The third-order valence-corrected chi connectivity index (χ3v) is 3.21. The highest BCUT2D eigenvalue weighted by atomic mass is 16.4. The molecule has 2 nitrogen and oxygen atoms in total. The van der Waals surface area contributed by atoms with E-state index in [-0.39, 0.29) is 0 Å². The number of aliphatic carboxylic acids is 1. The molecule has 0 unspecified atom stereocenters. The molecule has 0 radical (unpaired) electrons. The van der Waals surface area contributed by atoms with E-state index in [1.807, 2.05) is 12.1 Å². The second-order valence-electron chi connectivity index (χ2n) is 4.46. The Morgan fingerprint density at radius 3 is 2.62 bits per heavy atom. The molecule has 1 aromatic rings. The van der Waals surface area contributed by atoms with Crippen molar-refractivity contribution in [3.05, 3.63) is 41.0 Å². The third kappa shape index (κ3) is 2.16. The topological polar surface area (TPSA) is 37.3 Å². The molecule has 1 aliphatic carbocycles. The van der Waals surface area contributed by atoms with Gasteiger partial charge in [0.15, 0.2) is 0 Å². The molecule has 1 aromatic carbocycles. The minimum atomic E-state index is -0.845. The SMILES string of the molecule is Cc1cccc(/C(=C/C(=O)O)C2CC2)c1C. The standard InChI is InChI=1S/C14H16O2/c1-9-4-3-5-12(10(9)2)13(8-14(15)16)11-6-7-11/h3-5,8,11H,6-7H2,1-2H3,(H,15,16)/b13-8+. The predicted molar refractivity (Wildman–Crippen MR) is 64.3 cm³/mol. The fourth-order valence-corrected chi connectivity index (χ4v) is 2.01. The summed E-state index contributed by atoms with van der Waals surface area (Å²) in [6, 6.07) is 6.08. The lowest BCUT2D eigenvalue weighted by Crippen LogP contribution is -1.97. The van der Waals surface area contributed by atoms with Crippen LogP contribution in [-0.2, 0) is 4.79 Å². The molecule has 0 aromatic heterocycles. The van der Waals surface area contributed by atoms with Gasteiger partial charge in [0.05, 0.1) is 0 Å². The minimum absolute atomic E-state index is 0.455. The Labute approximate surface area is 95.6 Å². The summed E-state index contributed by atoms with van der Waals surface area (Å²) in [4.78, 5) is 10.8. The molecule has 1 aliphatic rings. The average Bonchev–Trinajstić information content (AvgIpc) is 3.02. The van der Waals surface area contributed by atoms with Crippen molar-refractivity contribution in [1.29, 1.82) is 0 Å². The van der Waals surface area contributed by atoms with Crippen LogP contribution in [0.4, 0.5) is 0 Å². The van der Waals surface area contributed by atoms with E-state index < -0.39 is 5.97 Å². The number of rotatable bonds is 3. The van der Waals surface area contributed by atoms with Gasteiger partial charge in [0.1, 0.15) is 0 Å². The number of benzene rings is 1. The summed E-state index contributed by atoms with van der Waals surface area (Å²) in [6.45, 7) is 4.12. The maximum absolute atomic E-state index is 10.8. The Morgan fingerprint density at radius 1 is 1.38 bits per heavy atom. The van der Waals surface area contributed by atoms with Crippen molar-refractivity contribution in [2.24, 2.45) is 5.92 Å². The van der Waals surface area contributed by atoms with Crippen LogP contribution in [0.2, 0.25) is 0 Å². The number of carbonyl (C=O) groups is 1. The average molecular weight is 216 g/mol. The van der Waals surface area contributed by atoms with Crippen molar-refractivity contribution >= 4 is 11.5 Å². The van der Waals surface area contributed by atoms with Crippen LogP contribution in [0.3, 0.4) is 0 Å². The first kappa shape index (κ1) is 10.9. The zero-order valence-electron chi connectivity index (χ0n) is 9.66. The predicted octanol–water partition coefficient (Wildman–Crippen LogP) is 3.18. The molecule has 2 rings (SSSR count). The van der Waals surface area contributed by atoms with Gasteiger partial charge in [-0.3, -0.25) is 0 Å². The Kier molecular flexibility index (Phi) is 2.82. The number of hydrogen-bond acceptors (Lipinski definition) is 1. The summed E-state index contributed by atoms with van der Waals surface area (Å²) < 4.78 is 0. The molecule has 1 N–H and O–H groups in total. The monoisotopic (exact) mass is 216 g/mol. The Hall–Kier alpha value is -1.57. The van der Waals surface area contributed by atoms with Crippen LogP contribution in [0.5, 0.6) is 0 Å². The van der Waals surface area contributed by atoms with Crippen LogP contribution in [-0.4, -0.2) is 11.1 Å². The first-order chi connectivity index (χ1) is 7.59. The van der Waals surface area contributed by atoms with E-state index in [2.05, 4.69) is 19.9 Å². The van der Waals surface area contributed by atoms with E-state index in [0.29, 0.717) is 5.92 Å². The lowest BCUT2D eigenvalue weighted by molar-refractivity contribution is -0.131. The molecular formula is C14H16O2. The smallest absolute Gasteiger partial charge is 0.328 e. The quantitative estimate of drug-likeness (QED) is 0.788. The second-order valence-corrected chi connectivity index (χ2v) is 4.46. The minimum Gasteiger partial charge on any atom is -0.478 e. The Bertz CT molecular complexity index is 454. The summed E-state index contributed by atoms with van der Waals surface area (Å²) >= 11 is 0. The van der Waals surface area contributed by atoms with E-state index >= 15 is 0 Å². The van der Waals surface area contributed by atoms with Gasteiger partial charge in [0.2, 0.25) is 0 Å². The highest BCUT2D eigenvalue weighted by molar-refractivity contribution is 5.91. The summed E-state index contributed by atoms with van der Waals surface area (Å²) in [5, 5.41) is 8.91. The molecule has 2 heteroatoms. The number of carboxylic acid groups (broad SMARTS) is 1. The fourth-order valence-electron chi connectivity index (χ4n) is 2.01. The van der Waals surface area contributed by atoms with Crippen molar-refractivity contribution in [3.63, 3.8) is 0 Å². The number of carboxylic acids is 1. The Morgan fingerprint density at radius 2 is 2.06 bits per heavy atom. The normalized spacial score (nSPS) is 16.2. The van der Waals surface area contributed by atoms with E-state index in [0.717, 1.165) is 24.0 Å². The van der Waals surface area contributed by atoms with Crippen LogP contribution >= 0.6 is 0 Å². The molecule has 0 spiro atoms. The summed E-state index contributed by atoms with van der Waals surface area (Å²) in [5.74, 6) is -0.389. The molecule has 1 saturated carbocycles. The molecule has 0 aliphatic heterocycles. The van der Waals surface area contributed by atoms with E-state index in [4.69, 9.17) is 5.11 Å². The lowest BCUT2D eigenvalue weighted by atomic mass is 9.94. The van der Waals surface area contributed by atoms with Gasteiger partial charge < -0.3 is 5.11 Å². The van der Waals surface area contributed by atoms with Gasteiger partial charge in [-0.05, 0) is 54.9 Å². The third-order valence-electron chi connectivity index (χ3n) is 3.21. The number of aryl methyl sites for hydroxylation is 1. The second kappa shape index (κ2) is 4.12. The van der Waals surface area contributed by atoms with Gasteiger partial charge in [-0.25, -0.2) is 4.79 Å². The van der Waals surface area contributed by atoms with Crippen LogP contribution in [0.15, 0.2) is 24.3 Å². The number of hydrogen-bond donors (Lipinski definition) is 1. The highest BCUT2D eigenvalue weighted by Crippen LogP contribution is 2.43. The molecule has 1 fully saturated rings. The first-order valence-electron chi connectivity index (χ1n) is 5.60. The molecule has 84 valence electrons. The van der Waals surface area contributed by atoms with Crippen molar-refractivity contribution in [3.8, 4) is 0 Å². The van der Waals surface area contributed by atoms with Gasteiger partial charge >= 0.3 is 5.97 Å².